The maximum Gasteiger partial charge on any atom is 0.0627 e. The highest BCUT2D eigenvalue weighted by Gasteiger charge is 1.85. The molecule has 0 atom stereocenters. The summed E-state index contributed by atoms with van der Waals surface area (Å²) in [5.41, 5.74) is 7.43. The first-order valence-electron chi connectivity index (χ1n) is 3.62. The van der Waals surface area contributed by atoms with Crippen LogP contribution in [0, 0.1) is 6.92 Å². The molecule has 0 aliphatic heterocycles. The van der Waals surface area contributed by atoms with Crippen molar-refractivity contribution in [2.24, 2.45) is 5.73 Å². The van der Waals surface area contributed by atoms with Crippen molar-refractivity contribution < 1.29 is 0 Å². The molecular weight excluding hydrogens is 136 g/mol. The molecular formula is C9H12N2. The van der Waals surface area contributed by atoms with Crippen LogP contribution in [-0.4, -0.2) is 11.5 Å². The van der Waals surface area contributed by atoms with E-state index in [0.717, 1.165) is 5.69 Å². The van der Waals surface area contributed by atoms with Crippen molar-refractivity contribution >= 4 is 6.08 Å². The molecule has 0 radical (unpaired) electrons. The summed E-state index contributed by atoms with van der Waals surface area (Å²) in [5.74, 6) is 0. The molecule has 0 saturated carbocycles. The first-order chi connectivity index (χ1) is 5.33. The molecule has 1 aromatic rings. The fourth-order valence-corrected chi connectivity index (χ4v) is 0.767. The van der Waals surface area contributed by atoms with Crippen LogP contribution in [0.4, 0.5) is 0 Å². The zero-order valence-corrected chi connectivity index (χ0v) is 6.62. The van der Waals surface area contributed by atoms with E-state index in [-0.39, 0.29) is 0 Å². The highest BCUT2D eigenvalue weighted by atomic mass is 14.7. The van der Waals surface area contributed by atoms with Gasteiger partial charge in [0.15, 0.2) is 0 Å². The number of hydrogen-bond acceptors (Lipinski definition) is 2. The van der Waals surface area contributed by atoms with Gasteiger partial charge in [0.1, 0.15) is 0 Å². The molecule has 0 spiro atoms. The van der Waals surface area contributed by atoms with E-state index in [1.165, 1.54) is 5.56 Å². The zero-order valence-electron chi connectivity index (χ0n) is 6.62. The van der Waals surface area contributed by atoms with Crippen LogP contribution in [0.5, 0.6) is 0 Å². The Labute approximate surface area is 66.8 Å². The highest BCUT2D eigenvalue weighted by Crippen LogP contribution is 1.99. The Bertz CT molecular complexity index is 236. The summed E-state index contributed by atoms with van der Waals surface area (Å²) < 4.78 is 0. The SMILES string of the molecule is Cc1ccc(/C=C/CN)nc1. The van der Waals surface area contributed by atoms with Gasteiger partial charge in [-0.1, -0.05) is 12.1 Å². The van der Waals surface area contributed by atoms with E-state index in [4.69, 9.17) is 5.73 Å². The molecule has 1 heterocycles. The number of pyridine rings is 1. The van der Waals surface area contributed by atoms with Gasteiger partial charge in [0, 0.05) is 12.7 Å². The van der Waals surface area contributed by atoms with Gasteiger partial charge in [0.25, 0.3) is 0 Å². The second kappa shape index (κ2) is 3.88. The molecule has 2 heteroatoms. The van der Waals surface area contributed by atoms with Gasteiger partial charge in [-0.3, -0.25) is 4.98 Å². The van der Waals surface area contributed by atoms with Gasteiger partial charge in [0.2, 0.25) is 0 Å². The van der Waals surface area contributed by atoms with E-state index < -0.39 is 0 Å². The lowest BCUT2D eigenvalue weighted by molar-refractivity contribution is 1.23. The molecule has 0 saturated heterocycles. The number of aromatic nitrogens is 1. The van der Waals surface area contributed by atoms with E-state index in [2.05, 4.69) is 4.98 Å². The average Bonchev–Trinajstić information content (AvgIpc) is 2.04. The quantitative estimate of drug-likeness (QED) is 0.687. The monoisotopic (exact) mass is 148 g/mol. The summed E-state index contributed by atoms with van der Waals surface area (Å²) in [7, 11) is 0. The molecule has 0 amide bonds. The molecule has 2 nitrogen and oxygen atoms in total. The number of nitrogens with two attached hydrogens (primary N) is 1. The summed E-state index contributed by atoms with van der Waals surface area (Å²) in [5, 5.41) is 0. The Morgan fingerprint density at radius 1 is 1.55 bits per heavy atom. The summed E-state index contributed by atoms with van der Waals surface area (Å²) >= 11 is 0. The van der Waals surface area contributed by atoms with Gasteiger partial charge in [-0.2, -0.15) is 0 Å². The average molecular weight is 148 g/mol. The number of hydrogen-bond donors (Lipinski definition) is 1. The van der Waals surface area contributed by atoms with E-state index in [0.29, 0.717) is 6.54 Å². The van der Waals surface area contributed by atoms with Crippen LogP contribution in [0.15, 0.2) is 24.4 Å². The molecule has 2 N–H and O–H groups in total. The molecule has 0 bridgehead atoms. The summed E-state index contributed by atoms with van der Waals surface area (Å²) in [6, 6.07) is 4.00. The second-order valence-electron chi connectivity index (χ2n) is 2.40. The van der Waals surface area contributed by atoms with Crippen LogP contribution in [0.25, 0.3) is 6.08 Å². The Morgan fingerprint density at radius 2 is 2.36 bits per heavy atom. The van der Waals surface area contributed by atoms with Crippen LogP contribution in [-0.2, 0) is 0 Å². The molecule has 0 aliphatic carbocycles. The third-order valence-electron chi connectivity index (χ3n) is 1.36. The van der Waals surface area contributed by atoms with E-state index >= 15 is 0 Å². The molecule has 0 aromatic carbocycles. The molecule has 58 valence electrons. The van der Waals surface area contributed by atoms with Crippen molar-refractivity contribution in [3.05, 3.63) is 35.7 Å². The fraction of sp³-hybridized carbons (Fsp3) is 0.222. The molecule has 0 unspecified atom stereocenters. The summed E-state index contributed by atoms with van der Waals surface area (Å²) in [6.07, 6.45) is 5.65. The Hall–Kier alpha value is -1.15. The van der Waals surface area contributed by atoms with Crippen molar-refractivity contribution in [1.29, 1.82) is 0 Å². The van der Waals surface area contributed by atoms with Crippen LogP contribution < -0.4 is 5.73 Å². The molecule has 0 fully saturated rings. The lowest BCUT2D eigenvalue weighted by atomic mass is 10.2. The van der Waals surface area contributed by atoms with Gasteiger partial charge in [-0.25, -0.2) is 0 Å². The van der Waals surface area contributed by atoms with Crippen molar-refractivity contribution in [1.82, 2.24) is 4.98 Å². The van der Waals surface area contributed by atoms with Crippen LogP contribution in [0.1, 0.15) is 11.3 Å². The number of aryl methyl sites for hydroxylation is 1. The normalized spacial score (nSPS) is 10.7. The van der Waals surface area contributed by atoms with Crippen molar-refractivity contribution in [3.63, 3.8) is 0 Å². The minimum atomic E-state index is 0.565. The van der Waals surface area contributed by atoms with Crippen molar-refractivity contribution in [2.75, 3.05) is 6.54 Å². The maximum atomic E-state index is 5.29. The Kier molecular flexibility index (Phi) is 2.81. The smallest absolute Gasteiger partial charge is 0.0627 e. The minimum absolute atomic E-state index is 0.565. The standard InChI is InChI=1S/C9H12N2/c1-8-4-5-9(11-7-8)3-2-6-10/h2-5,7H,6,10H2,1H3/b3-2+. The van der Waals surface area contributed by atoms with E-state index in [1.54, 1.807) is 0 Å². The topological polar surface area (TPSA) is 38.9 Å². The van der Waals surface area contributed by atoms with Crippen LogP contribution >= 0.6 is 0 Å². The van der Waals surface area contributed by atoms with Crippen LogP contribution in [0.3, 0.4) is 0 Å². The minimum Gasteiger partial charge on any atom is -0.327 e. The van der Waals surface area contributed by atoms with E-state index in [9.17, 15) is 0 Å². The van der Waals surface area contributed by atoms with Crippen molar-refractivity contribution in [3.8, 4) is 0 Å². The fourth-order valence-electron chi connectivity index (χ4n) is 0.767. The first-order valence-corrected chi connectivity index (χ1v) is 3.62. The predicted octanol–water partition coefficient (Wildman–Crippen LogP) is 1.36. The summed E-state index contributed by atoms with van der Waals surface area (Å²) in [6.45, 7) is 2.58. The van der Waals surface area contributed by atoms with Crippen LogP contribution in [0.2, 0.25) is 0 Å². The second-order valence-corrected chi connectivity index (χ2v) is 2.40. The van der Waals surface area contributed by atoms with Gasteiger partial charge < -0.3 is 5.73 Å². The third kappa shape index (κ3) is 2.51. The molecule has 11 heavy (non-hydrogen) atoms. The predicted molar refractivity (Wildman–Crippen MR) is 47.1 cm³/mol. The lowest BCUT2D eigenvalue weighted by Crippen LogP contribution is -1.92. The first kappa shape index (κ1) is 7.95. The molecule has 1 rings (SSSR count). The zero-order chi connectivity index (χ0) is 8.10. The maximum absolute atomic E-state index is 5.29. The Morgan fingerprint density at radius 3 is 2.91 bits per heavy atom. The Balaban J connectivity index is 2.73. The lowest BCUT2D eigenvalue weighted by Gasteiger charge is -1.92. The molecule has 0 aliphatic rings. The largest absolute Gasteiger partial charge is 0.327 e. The van der Waals surface area contributed by atoms with Gasteiger partial charge in [0.05, 0.1) is 5.69 Å². The van der Waals surface area contributed by atoms with Gasteiger partial charge in [-0.05, 0) is 24.6 Å². The number of rotatable bonds is 2. The summed E-state index contributed by atoms with van der Waals surface area (Å²) in [4.78, 5) is 4.17. The van der Waals surface area contributed by atoms with Gasteiger partial charge in [-0.15, -0.1) is 0 Å². The number of nitrogens with zero attached hydrogens (tertiary/aromatic N) is 1. The third-order valence-corrected chi connectivity index (χ3v) is 1.36. The van der Waals surface area contributed by atoms with Gasteiger partial charge >= 0.3 is 0 Å². The highest BCUT2D eigenvalue weighted by molar-refractivity contribution is 5.44. The van der Waals surface area contributed by atoms with Crippen molar-refractivity contribution in [2.45, 2.75) is 6.92 Å². The van der Waals surface area contributed by atoms with E-state index in [1.807, 2.05) is 37.4 Å². The molecule has 1 aromatic heterocycles.